The minimum Gasteiger partial charge on any atom is -0.492 e. The second-order valence-electron chi connectivity index (χ2n) is 4.67. The van der Waals surface area contributed by atoms with E-state index in [0.29, 0.717) is 13.2 Å². The van der Waals surface area contributed by atoms with Gasteiger partial charge in [-0.25, -0.2) is 4.68 Å². The summed E-state index contributed by atoms with van der Waals surface area (Å²) < 4.78 is 7.16. The maximum atomic E-state index is 11.5. The summed E-state index contributed by atoms with van der Waals surface area (Å²) in [6.45, 7) is 2.84. The first-order valence-electron chi connectivity index (χ1n) is 6.23. The lowest BCUT2D eigenvalue weighted by atomic mass is 10.3. The maximum absolute atomic E-state index is 11.5. The molecule has 102 valence electrons. The topological polar surface area (TPSA) is 50.3 Å². The van der Waals surface area contributed by atoms with E-state index in [9.17, 15) is 4.79 Å². The normalized spacial score (nSPS) is 10.5. The summed E-state index contributed by atoms with van der Waals surface area (Å²) in [5, 5.41) is 2.97. The molecule has 0 aliphatic carbocycles. The van der Waals surface area contributed by atoms with E-state index in [4.69, 9.17) is 4.74 Å². The van der Waals surface area contributed by atoms with Gasteiger partial charge in [-0.3, -0.25) is 9.89 Å². The predicted molar refractivity (Wildman–Crippen MR) is 76.1 cm³/mol. The van der Waals surface area contributed by atoms with Crippen LogP contribution >= 0.6 is 0 Å². The highest BCUT2D eigenvalue weighted by Crippen LogP contribution is 2.17. The van der Waals surface area contributed by atoms with E-state index in [0.717, 1.165) is 17.1 Å². The average molecular weight is 261 g/mol. The number of hydrogen-bond acceptors (Lipinski definition) is 3. The van der Waals surface area contributed by atoms with Crippen molar-refractivity contribution < 1.29 is 4.74 Å². The van der Waals surface area contributed by atoms with Crippen molar-refractivity contribution >= 4 is 5.69 Å². The third-order valence-electron chi connectivity index (χ3n) is 2.85. The summed E-state index contributed by atoms with van der Waals surface area (Å²) in [5.41, 5.74) is 1.97. The highest BCUT2D eigenvalue weighted by molar-refractivity contribution is 5.47. The number of nitrogens with one attached hydrogen (secondary N) is 1. The van der Waals surface area contributed by atoms with Crippen LogP contribution in [0.1, 0.15) is 5.69 Å². The van der Waals surface area contributed by atoms with Crippen molar-refractivity contribution in [2.75, 3.05) is 25.6 Å². The second-order valence-corrected chi connectivity index (χ2v) is 4.67. The van der Waals surface area contributed by atoms with E-state index in [1.54, 1.807) is 10.7 Å². The van der Waals surface area contributed by atoms with Crippen LogP contribution in [0.15, 0.2) is 35.1 Å². The van der Waals surface area contributed by atoms with Crippen LogP contribution in [0.2, 0.25) is 0 Å². The average Bonchev–Trinajstić information content (AvgIpc) is 2.68. The summed E-state index contributed by atoms with van der Waals surface area (Å²) >= 11 is 0. The van der Waals surface area contributed by atoms with Crippen molar-refractivity contribution in [2.45, 2.75) is 13.5 Å². The maximum Gasteiger partial charge on any atom is 0.266 e. The zero-order valence-corrected chi connectivity index (χ0v) is 11.5. The van der Waals surface area contributed by atoms with Crippen molar-refractivity contribution in [1.29, 1.82) is 0 Å². The van der Waals surface area contributed by atoms with Gasteiger partial charge in [0, 0.05) is 31.5 Å². The Labute approximate surface area is 112 Å². The van der Waals surface area contributed by atoms with Gasteiger partial charge in [0.15, 0.2) is 0 Å². The zero-order valence-electron chi connectivity index (χ0n) is 11.5. The lowest BCUT2D eigenvalue weighted by molar-refractivity contribution is 0.289. The van der Waals surface area contributed by atoms with Gasteiger partial charge < -0.3 is 9.64 Å². The lowest BCUT2D eigenvalue weighted by Crippen LogP contribution is -2.20. The van der Waals surface area contributed by atoms with E-state index in [2.05, 4.69) is 5.10 Å². The SMILES string of the molecule is Cc1cc(=O)n(CCOc2ccc(N(C)C)cc2)[nH]1. The Morgan fingerprint density at radius 1 is 1.26 bits per heavy atom. The molecule has 1 heterocycles. The molecule has 0 unspecified atom stereocenters. The van der Waals surface area contributed by atoms with Gasteiger partial charge in [-0.15, -0.1) is 0 Å². The van der Waals surface area contributed by atoms with Gasteiger partial charge in [-0.2, -0.15) is 0 Å². The van der Waals surface area contributed by atoms with Crippen LogP contribution in [0.4, 0.5) is 5.69 Å². The van der Waals surface area contributed by atoms with Crippen molar-refractivity contribution in [3.05, 3.63) is 46.4 Å². The van der Waals surface area contributed by atoms with E-state index in [1.807, 2.05) is 50.2 Å². The number of ether oxygens (including phenoxy) is 1. The Balaban J connectivity index is 1.89. The van der Waals surface area contributed by atoms with Crippen molar-refractivity contribution in [2.24, 2.45) is 0 Å². The van der Waals surface area contributed by atoms with Crippen molar-refractivity contribution in [3.8, 4) is 5.75 Å². The first-order chi connectivity index (χ1) is 9.06. The molecule has 2 rings (SSSR count). The molecule has 1 N–H and O–H groups in total. The van der Waals surface area contributed by atoms with E-state index >= 15 is 0 Å². The number of nitrogens with zero attached hydrogens (tertiary/aromatic N) is 2. The molecule has 0 aliphatic heterocycles. The molecule has 0 radical (unpaired) electrons. The quantitative estimate of drug-likeness (QED) is 0.890. The molecule has 5 heteroatoms. The van der Waals surface area contributed by atoms with Crippen LogP contribution in [0.3, 0.4) is 0 Å². The minimum atomic E-state index is -0.0240. The zero-order chi connectivity index (χ0) is 13.8. The van der Waals surface area contributed by atoms with E-state index in [1.165, 1.54) is 0 Å². The fourth-order valence-electron chi connectivity index (χ4n) is 1.82. The number of aromatic amines is 1. The van der Waals surface area contributed by atoms with Crippen LogP contribution in [-0.2, 0) is 6.54 Å². The van der Waals surface area contributed by atoms with E-state index < -0.39 is 0 Å². The fourth-order valence-corrected chi connectivity index (χ4v) is 1.82. The Morgan fingerprint density at radius 2 is 1.95 bits per heavy atom. The third kappa shape index (κ3) is 3.40. The molecule has 0 aliphatic rings. The van der Waals surface area contributed by atoms with E-state index in [-0.39, 0.29) is 5.56 Å². The number of hydrogen-bond donors (Lipinski definition) is 1. The molecule has 1 aromatic heterocycles. The molecule has 0 saturated heterocycles. The van der Waals surface area contributed by atoms with Gasteiger partial charge in [0.2, 0.25) is 0 Å². The smallest absolute Gasteiger partial charge is 0.266 e. The molecule has 2 aromatic rings. The van der Waals surface area contributed by atoms with Gasteiger partial charge in [0.25, 0.3) is 5.56 Å². The second kappa shape index (κ2) is 5.65. The molecule has 0 fully saturated rings. The third-order valence-corrected chi connectivity index (χ3v) is 2.85. The number of anilines is 1. The van der Waals surface area contributed by atoms with Gasteiger partial charge in [0.05, 0.1) is 6.54 Å². The highest BCUT2D eigenvalue weighted by atomic mass is 16.5. The highest BCUT2D eigenvalue weighted by Gasteiger charge is 2.00. The molecule has 0 spiro atoms. The molecular weight excluding hydrogens is 242 g/mol. The summed E-state index contributed by atoms with van der Waals surface area (Å²) in [6, 6.07) is 9.43. The number of aromatic nitrogens is 2. The monoisotopic (exact) mass is 261 g/mol. The van der Waals surface area contributed by atoms with Crippen LogP contribution in [0, 0.1) is 6.92 Å². The number of aryl methyl sites for hydroxylation is 1. The number of H-pyrrole nitrogens is 1. The van der Waals surface area contributed by atoms with Crippen LogP contribution in [0.5, 0.6) is 5.75 Å². The summed E-state index contributed by atoms with van der Waals surface area (Å²) in [5.74, 6) is 0.807. The number of benzene rings is 1. The van der Waals surface area contributed by atoms with Crippen molar-refractivity contribution in [3.63, 3.8) is 0 Å². The molecule has 19 heavy (non-hydrogen) atoms. The summed E-state index contributed by atoms with van der Waals surface area (Å²) in [4.78, 5) is 13.5. The molecule has 0 atom stereocenters. The Bertz CT molecular complexity index is 581. The van der Waals surface area contributed by atoms with Gasteiger partial charge >= 0.3 is 0 Å². The lowest BCUT2D eigenvalue weighted by Gasteiger charge is -2.13. The first-order valence-corrected chi connectivity index (χ1v) is 6.23. The van der Waals surface area contributed by atoms with Gasteiger partial charge in [-0.05, 0) is 31.2 Å². The van der Waals surface area contributed by atoms with Crippen LogP contribution < -0.4 is 15.2 Å². The Kier molecular flexibility index (Phi) is 3.94. The molecule has 1 aromatic carbocycles. The fraction of sp³-hybridized carbons (Fsp3) is 0.357. The molecule has 0 bridgehead atoms. The molecule has 5 nitrogen and oxygen atoms in total. The van der Waals surface area contributed by atoms with Crippen molar-refractivity contribution in [1.82, 2.24) is 9.78 Å². The molecule has 0 saturated carbocycles. The van der Waals surface area contributed by atoms with Crippen LogP contribution in [0.25, 0.3) is 0 Å². The molecular formula is C14H19N3O2. The minimum absolute atomic E-state index is 0.0240. The summed E-state index contributed by atoms with van der Waals surface area (Å²) in [6.07, 6.45) is 0. The number of rotatable bonds is 5. The van der Waals surface area contributed by atoms with Gasteiger partial charge in [-0.1, -0.05) is 0 Å². The first kappa shape index (κ1) is 13.3. The predicted octanol–water partition coefficient (Wildman–Crippen LogP) is 1.63. The summed E-state index contributed by atoms with van der Waals surface area (Å²) in [7, 11) is 3.99. The standard InChI is InChI=1S/C14H19N3O2/c1-11-10-14(18)17(15-11)8-9-19-13-6-4-12(5-7-13)16(2)3/h4-7,10,15H,8-9H2,1-3H3. The Morgan fingerprint density at radius 3 is 2.47 bits per heavy atom. The largest absolute Gasteiger partial charge is 0.492 e. The molecule has 0 amide bonds. The van der Waals surface area contributed by atoms with Gasteiger partial charge in [0.1, 0.15) is 12.4 Å². The Hall–Kier alpha value is -2.17. The van der Waals surface area contributed by atoms with Crippen LogP contribution in [-0.4, -0.2) is 30.5 Å².